The number of rotatable bonds is 9. The average molecular weight is 406 g/mol. The van der Waals surface area contributed by atoms with Crippen LogP contribution in [0.3, 0.4) is 0 Å². The maximum absolute atomic E-state index is 10.5. The van der Waals surface area contributed by atoms with Gasteiger partial charge in [0.1, 0.15) is 0 Å². The fraction of sp³-hybridized carbons (Fsp3) is 0.750. The predicted molar refractivity (Wildman–Crippen MR) is 115 cm³/mol. The maximum atomic E-state index is 10.5. The van der Waals surface area contributed by atoms with Crippen LogP contribution in [-0.2, 0) is 4.74 Å². The Kier molecular flexibility index (Phi) is 6.37. The van der Waals surface area contributed by atoms with E-state index in [1.54, 1.807) is 0 Å². The fourth-order valence-electron chi connectivity index (χ4n) is 6.82. The Morgan fingerprint density at radius 2 is 1.68 bits per heavy atom. The number of hydrogen-bond acceptors (Lipinski definition) is 3. The quantitative estimate of drug-likeness (QED) is 0.580. The molecule has 0 spiro atoms. The zero-order valence-electron chi connectivity index (χ0n) is 17.4. The van der Waals surface area contributed by atoms with Crippen LogP contribution in [0.25, 0.3) is 0 Å². The molecule has 1 aromatic carbocycles. The van der Waals surface area contributed by atoms with E-state index in [-0.39, 0.29) is 6.10 Å². The summed E-state index contributed by atoms with van der Waals surface area (Å²) in [6, 6.07) is 8.26. The molecule has 3 atom stereocenters. The van der Waals surface area contributed by atoms with Gasteiger partial charge in [-0.1, -0.05) is 30.7 Å². The minimum absolute atomic E-state index is 0.0444. The molecular weight excluding hydrogens is 370 g/mol. The van der Waals surface area contributed by atoms with Crippen molar-refractivity contribution in [3.8, 4) is 0 Å². The van der Waals surface area contributed by atoms with E-state index < -0.39 is 6.10 Å². The van der Waals surface area contributed by atoms with Crippen LogP contribution in [0.15, 0.2) is 24.3 Å². The zero-order chi connectivity index (χ0) is 19.7. The molecule has 28 heavy (non-hydrogen) atoms. The van der Waals surface area contributed by atoms with Crippen LogP contribution in [0.1, 0.15) is 70.5 Å². The Hall–Kier alpha value is -0.610. The second-order valence-electron chi connectivity index (χ2n) is 9.83. The van der Waals surface area contributed by atoms with Gasteiger partial charge in [0.05, 0.1) is 18.8 Å². The molecule has 0 aromatic heterocycles. The molecule has 4 saturated carbocycles. The Bertz CT molecular complexity index is 611. The first-order chi connectivity index (χ1) is 13.5. The maximum Gasteiger partial charge on any atom is 0.0898 e. The molecule has 0 amide bonds. The molecule has 0 aliphatic heterocycles. The highest BCUT2D eigenvalue weighted by Crippen LogP contribution is 2.61. The van der Waals surface area contributed by atoms with Gasteiger partial charge in [-0.05, 0) is 92.7 Å². The van der Waals surface area contributed by atoms with Crippen LogP contribution in [0.5, 0.6) is 0 Å². The number of benzene rings is 1. The molecule has 3 nitrogen and oxygen atoms in total. The summed E-state index contributed by atoms with van der Waals surface area (Å²) in [4.78, 5) is 0. The lowest BCUT2D eigenvalue weighted by Crippen LogP contribution is -2.56. The van der Waals surface area contributed by atoms with Crippen molar-refractivity contribution in [3.05, 3.63) is 34.9 Å². The van der Waals surface area contributed by atoms with Gasteiger partial charge >= 0.3 is 0 Å². The van der Waals surface area contributed by atoms with Gasteiger partial charge in [-0.25, -0.2) is 0 Å². The smallest absolute Gasteiger partial charge is 0.0898 e. The average Bonchev–Trinajstić information content (AvgIpc) is 2.66. The zero-order valence-corrected chi connectivity index (χ0v) is 18.1. The molecule has 0 saturated heterocycles. The lowest BCUT2D eigenvalue weighted by Gasteiger charge is -2.59. The molecule has 2 N–H and O–H groups in total. The molecule has 4 aliphatic carbocycles. The third-order valence-corrected chi connectivity index (χ3v) is 7.96. The third-order valence-electron chi connectivity index (χ3n) is 7.71. The summed E-state index contributed by atoms with van der Waals surface area (Å²) in [5.41, 5.74) is 1.57. The highest BCUT2D eigenvalue weighted by Gasteiger charge is 2.53. The topological polar surface area (TPSA) is 41.5 Å². The first kappa shape index (κ1) is 20.7. The van der Waals surface area contributed by atoms with E-state index in [1.165, 1.54) is 38.5 Å². The molecule has 0 heterocycles. The number of hydrogen-bond donors (Lipinski definition) is 2. The Morgan fingerprint density at radius 3 is 2.21 bits per heavy atom. The van der Waals surface area contributed by atoms with Gasteiger partial charge in [-0.2, -0.15) is 0 Å². The summed E-state index contributed by atoms with van der Waals surface area (Å²) >= 11 is 5.95. The van der Waals surface area contributed by atoms with Gasteiger partial charge in [0, 0.05) is 17.6 Å². The summed E-state index contributed by atoms with van der Waals surface area (Å²) in [5, 5.41) is 15.0. The molecule has 4 bridgehead atoms. The predicted octanol–water partition coefficient (Wildman–Crippen LogP) is 5.36. The van der Waals surface area contributed by atoms with Crippen molar-refractivity contribution in [2.24, 2.45) is 23.2 Å². The van der Waals surface area contributed by atoms with Crippen molar-refractivity contribution in [3.63, 3.8) is 0 Å². The summed E-state index contributed by atoms with van der Waals surface area (Å²) in [5.74, 6) is 2.90. The van der Waals surface area contributed by atoms with Gasteiger partial charge < -0.3 is 15.2 Å². The number of aliphatic hydroxyl groups is 1. The van der Waals surface area contributed by atoms with Crippen molar-refractivity contribution >= 4 is 11.6 Å². The van der Waals surface area contributed by atoms with Gasteiger partial charge in [0.15, 0.2) is 0 Å². The minimum atomic E-state index is -0.474. The van der Waals surface area contributed by atoms with Crippen LogP contribution in [0.4, 0.5) is 0 Å². The van der Waals surface area contributed by atoms with Crippen LogP contribution in [-0.4, -0.2) is 30.4 Å². The van der Waals surface area contributed by atoms with Crippen molar-refractivity contribution in [2.45, 2.75) is 77.0 Å². The van der Waals surface area contributed by atoms with Crippen LogP contribution in [0.2, 0.25) is 5.02 Å². The van der Waals surface area contributed by atoms with E-state index in [2.05, 4.69) is 12.2 Å². The van der Waals surface area contributed by atoms with Crippen LogP contribution in [0, 0.1) is 23.2 Å². The second kappa shape index (κ2) is 8.63. The van der Waals surface area contributed by atoms with Crippen molar-refractivity contribution < 1.29 is 9.84 Å². The Morgan fingerprint density at radius 1 is 1.11 bits per heavy atom. The summed E-state index contributed by atoms with van der Waals surface area (Å²) in [6.07, 6.45) is 9.30. The fourth-order valence-corrected chi connectivity index (χ4v) is 6.95. The molecule has 4 fully saturated rings. The summed E-state index contributed by atoms with van der Waals surface area (Å²) in [6.45, 7) is 5.30. The summed E-state index contributed by atoms with van der Waals surface area (Å²) in [7, 11) is 0. The van der Waals surface area contributed by atoms with E-state index in [4.69, 9.17) is 16.3 Å². The Balaban J connectivity index is 1.26. The van der Waals surface area contributed by atoms with Gasteiger partial charge in [-0.15, -0.1) is 0 Å². The molecule has 0 radical (unpaired) electrons. The van der Waals surface area contributed by atoms with E-state index >= 15 is 0 Å². The molecule has 1 aromatic rings. The first-order valence-corrected chi connectivity index (χ1v) is 11.6. The van der Waals surface area contributed by atoms with Crippen molar-refractivity contribution in [1.29, 1.82) is 0 Å². The lowest BCUT2D eigenvalue weighted by atomic mass is 9.47. The standard InChI is InChI=1S/C24H36ClNO2/c1-3-23(24-11-17-8-18(12-24)10-19(9-17)13-24)26-14-22(27)15-28-16(2)20-4-6-21(25)7-5-20/h4-7,16-19,22-23,26-27H,3,8-15H2,1-2H3/t16-,17?,18?,19?,22+,23+,24?/m0/s1. The van der Waals surface area contributed by atoms with E-state index in [0.717, 1.165) is 34.8 Å². The van der Waals surface area contributed by atoms with Gasteiger partial charge in [0.2, 0.25) is 0 Å². The largest absolute Gasteiger partial charge is 0.389 e. The monoisotopic (exact) mass is 405 g/mol. The van der Waals surface area contributed by atoms with Crippen molar-refractivity contribution in [1.82, 2.24) is 5.32 Å². The molecular formula is C24H36ClNO2. The van der Waals surface area contributed by atoms with Crippen LogP contribution < -0.4 is 5.32 Å². The summed E-state index contributed by atoms with van der Waals surface area (Å²) < 4.78 is 5.91. The highest BCUT2D eigenvalue weighted by atomic mass is 35.5. The number of ether oxygens (including phenoxy) is 1. The van der Waals surface area contributed by atoms with E-state index in [1.807, 2.05) is 31.2 Å². The molecule has 4 heteroatoms. The van der Waals surface area contributed by atoms with Crippen LogP contribution >= 0.6 is 11.6 Å². The number of nitrogens with one attached hydrogen (secondary N) is 1. The number of halogens is 1. The SMILES string of the molecule is CC[C@@H](NC[C@@H](O)CO[C@@H](C)c1ccc(Cl)cc1)C12CC3CC(CC(C3)C1)C2. The third kappa shape index (κ3) is 4.43. The second-order valence-corrected chi connectivity index (χ2v) is 10.3. The Labute approximate surface area is 175 Å². The minimum Gasteiger partial charge on any atom is -0.389 e. The number of aliphatic hydroxyl groups excluding tert-OH is 1. The molecule has 4 aliphatic rings. The molecule has 0 unspecified atom stereocenters. The normalized spacial score (nSPS) is 34.4. The van der Waals surface area contributed by atoms with Gasteiger partial charge in [-0.3, -0.25) is 0 Å². The van der Waals surface area contributed by atoms with Gasteiger partial charge in [0.25, 0.3) is 0 Å². The highest BCUT2D eigenvalue weighted by molar-refractivity contribution is 6.30. The molecule has 156 valence electrons. The molecule has 5 rings (SSSR count). The van der Waals surface area contributed by atoms with Crippen molar-refractivity contribution in [2.75, 3.05) is 13.2 Å². The lowest BCUT2D eigenvalue weighted by molar-refractivity contribution is -0.0773. The van der Waals surface area contributed by atoms with E-state index in [0.29, 0.717) is 24.6 Å². The van der Waals surface area contributed by atoms with E-state index in [9.17, 15) is 5.11 Å². The first-order valence-electron chi connectivity index (χ1n) is 11.3.